The molecule has 1 N–H and O–H groups in total. The highest BCUT2D eigenvalue weighted by Crippen LogP contribution is 1.92. The van der Waals surface area contributed by atoms with Crippen LogP contribution in [0.25, 0.3) is 0 Å². The molecule has 0 saturated heterocycles. The van der Waals surface area contributed by atoms with Crippen LogP contribution in [0.4, 0.5) is 0 Å². The second kappa shape index (κ2) is 6.61. The van der Waals surface area contributed by atoms with Crippen LogP contribution in [0.15, 0.2) is 25.3 Å². The van der Waals surface area contributed by atoms with Gasteiger partial charge in [0.2, 0.25) is 0 Å². The SMILES string of the molecule is C=CCCN(CC=C)CC(=O)O. The second-order valence-corrected chi connectivity index (χ2v) is 2.49. The summed E-state index contributed by atoms with van der Waals surface area (Å²) in [5.41, 5.74) is 0. The summed E-state index contributed by atoms with van der Waals surface area (Å²) in [4.78, 5) is 12.1. The number of nitrogens with zero attached hydrogens (tertiary/aromatic N) is 1. The number of carbonyl (C=O) groups is 1. The fourth-order valence-corrected chi connectivity index (χ4v) is 0.883. The maximum Gasteiger partial charge on any atom is 0.317 e. The highest BCUT2D eigenvalue weighted by Gasteiger charge is 2.05. The third-order valence-corrected chi connectivity index (χ3v) is 1.40. The van der Waals surface area contributed by atoms with E-state index in [1.807, 2.05) is 0 Å². The zero-order valence-corrected chi connectivity index (χ0v) is 7.20. The maximum atomic E-state index is 10.3. The molecule has 0 aliphatic heterocycles. The Kier molecular flexibility index (Phi) is 6.01. The Bertz CT molecular complexity index is 166. The lowest BCUT2D eigenvalue weighted by atomic mass is 10.3. The Hall–Kier alpha value is -1.09. The molecule has 0 bridgehead atoms. The molecule has 0 aromatic carbocycles. The molecule has 3 nitrogen and oxygen atoms in total. The number of carboxylic acids is 1. The Morgan fingerprint density at radius 1 is 1.42 bits per heavy atom. The quantitative estimate of drug-likeness (QED) is 0.581. The zero-order chi connectivity index (χ0) is 9.40. The van der Waals surface area contributed by atoms with Gasteiger partial charge in [0.05, 0.1) is 6.54 Å². The molecule has 0 aromatic rings. The van der Waals surface area contributed by atoms with E-state index in [1.165, 1.54) is 0 Å². The summed E-state index contributed by atoms with van der Waals surface area (Å²) < 4.78 is 0. The smallest absolute Gasteiger partial charge is 0.317 e. The predicted octanol–water partition coefficient (Wildman–Crippen LogP) is 1.14. The van der Waals surface area contributed by atoms with Gasteiger partial charge >= 0.3 is 5.97 Å². The van der Waals surface area contributed by atoms with Crippen molar-refractivity contribution in [3.05, 3.63) is 25.3 Å². The summed E-state index contributed by atoms with van der Waals surface area (Å²) in [5.74, 6) is -0.805. The fraction of sp³-hybridized carbons (Fsp3) is 0.444. The number of hydrogen-bond acceptors (Lipinski definition) is 2. The molecule has 3 heteroatoms. The van der Waals surface area contributed by atoms with Gasteiger partial charge in [-0.15, -0.1) is 13.2 Å². The Balaban J connectivity index is 3.75. The van der Waals surface area contributed by atoms with Crippen LogP contribution >= 0.6 is 0 Å². The predicted molar refractivity (Wildman–Crippen MR) is 49.1 cm³/mol. The molecule has 0 aliphatic carbocycles. The molecule has 0 spiro atoms. The molecule has 12 heavy (non-hydrogen) atoms. The van der Waals surface area contributed by atoms with E-state index in [2.05, 4.69) is 13.2 Å². The number of aliphatic carboxylic acids is 1. The molecule has 0 rings (SSSR count). The van der Waals surface area contributed by atoms with E-state index >= 15 is 0 Å². The first-order chi connectivity index (χ1) is 5.70. The van der Waals surface area contributed by atoms with Crippen molar-refractivity contribution in [2.75, 3.05) is 19.6 Å². The van der Waals surface area contributed by atoms with E-state index in [1.54, 1.807) is 17.1 Å². The molecule has 0 radical (unpaired) electrons. The first kappa shape index (κ1) is 10.9. The molecule has 68 valence electrons. The lowest BCUT2D eigenvalue weighted by molar-refractivity contribution is -0.138. The van der Waals surface area contributed by atoms with Crippen molar-refractivity contribution in [2.45, 2.75) is 6.42 Å². The van der Waals surface area contributed by atoms with E-state index in [-0.39, 0.29) is 6.54 Å². The molecule has 0 aromatic heterocycles. The molecule has 0 fully saturated rings. The van der Waals surface area contributed by atoms with Crippen molar-refractivity contribution in [1.82, 2.24) is 4.90 Å². The van der Waals surface area contributed by atoms with Crippen LogP contribution in [0.5, 0.6) is 0 Å². The second-order valence-electron chi connectivity index (χ2n) is 2.49. The van der Waals surface area contributed by atoms with Gasteiger partial charge in [-0.1, -0.05) is 12.2 Å². The van der Waals surface area contributed by atoms with Crippen LogP contribution in [0.1, 0.15) is 6.42 Å². The first-order valence-electron chi connectivity index (χ1n) is 3.86. The van der Waals surface area contributed by atoms with Crippen LogP contribution < -0.4 is 0 Å². The summed E-state index contributed by atoms with van der Waals surface area (Å²) in [5, 5.41) is 8.51. The third kappa shape index (κ3) is 5.68. The van der Waals surface area contributed by atoms with Crippen LogP contribution in [-0.4, -0.2) is 35.6 Å². The van der Waals surface area contributed by atoms with Crippen molar-refractivity contribution in [3.63, 3.8) is 0 Å². The molecule has 0 atom stereocenters. The summed E-state index contributed by atoms with van der Waals surface area (Å²) in [7, 11) is 0. The Labute approximate surface area is 73.0 Å². The Morgan fingerprint density at radius 2 is 2.08 bits per heavy atom. The van der Waals surface area contributed by atoms with Crippen molar-refractivity contribution in [3.8, 4) is 0 Å². The molecule has 0 aliphatic rings. The van der Waals surface area contributed by atoms with Gasteiger partial charge in [0.1, 0.15) is 0 Å². The van der Waals surface area contributed by atoms with Gasteiger partial charge in [-0.3, -0.25) is 9.69 Å². The van der Waals surface area contributed by atoms with E-state index in [4.69, 9.17) is 5.11 Å². The molecule has 0 amide bonds. The van der Waals surface area contributed by atoms with Gasteiger partial charge in [0.15, 0.2) is 0 Å². The third-order valence-electron chi connectivity index (χ3n) is 1.40. The molecular weight excluding hydrogens is 154 g/mol. The van der Waals surface area contributed by atoms with Crippen molar-refractivity contribution >= 4 is 5.97 Å². The maximum absolute atomic E-state index is 10.3. The van der Waals surface area contributed by atoms with Gasteiger partial charge in [-0.05, 0) is 6.42 Å². The monoisotopic (exact) mass is 169 g/mol. The van der Waals surface area contributed by atoms with Crippen LogP contribution in [0.3, 0.4) is 0 Å². The average Bonchev–Trinajstić information content (AvgIpc) is 2.00. The van der Waals surface area contributed by atoms with E-state index in [0.717, 1.165) is 13.0 Å². The van der Waals surface area contributed by atoms with E-state index in [9.17, 15) is 4.79 Å². The minimum atomic E-state index is -0.805. The van der Waals surface area contributed by atoms with Gasteiger partial charge in [-0.25, -0.2) is 0 Å². The summed E-state index contributed by atoms with van der Waals surface area (Å²) in [6.45, 7) is 8.53. The largest absolute Gasteiger partial charge is 0.480 e. The van der Waals surface area contributed by atoms with Crippen molar-refractivity contribution in [2.24, 2.45) is 0 Å². The van der Waals surface area contributed by atoms with Crippen molar-refractivity contribution in [1.29, 1.82) is 0 Å². The van der Waals surface area contributed by atoms with Gasteiger partial charge in [0, 0.05) is 13.1 Å². The summed E-state index contributed by atoms with van der Waals surface area (Å²) >= 11 is 0. The number of rotatable bonds is 7. The molecule has 0 saturated carbocycles. The highest BCUT2D eigenvalue weighted by atomic mass is 16.4. The van der Waals surface area contributed by atoms with Crippen LogP contribution in [-0.2, 0) is 4.79 Å². The van der Waals surface area contributed by atoms with Gasteiger partial charge in [-0.2, -0.15) is 0 Å². The summed E-state index contributed by atoms with van der Waals surface area (Å²) in [6.07, 6.45) is 4.28. The first-order valence-corrected chi connectivity index (χ1v) is 3.86. The van der Waals surface area contributed by atoms with Crippen LogP contribution in [0, 0.1) is 0 Å². The average molecular weight is 169 g/mol. The van der Waals surface area contributed by atoms with E-state index in [0.29, 0.717) is 6.54 Å². The molecule has 0 unspecified atom stereocenters. The molecule has 0 heterocycles. The highest BCUT2D eigenvalue weighted by molar-refractivity contribution is 5.69. The lowest BCUT2D eigenvalue weighted by Crippen LogP contribution is -2.30. The molecular formula is C9H15NO2. The topological polar surface area (TPSA) is 40.5 Å². The van der Waals surface area contributed by atoms with Crippen LogP contribution in [0.2, 0.25) is 0 Å². The Morgan fingerprint density at radius 3 is 2.50 bits per heavy atom. The normalized spacial score (nSPS) is 9.75. The lowest BCUT2D eigenvalue weighted by Gasteiger charge is -2.16. The standard InChI is InChI=1S/C9H15NO2/c1-3-5-7-10(6-4-2)8-9(11)12/h3-4H,1-2,5-8H2,(H,11,12). The number of hydrogen-bond donors (Lipinski definition) is 1. The van der Waals surface area contributed by atoms with Gasteiger partial charge < -0.3 is 5.11 Å². The minimum absolute atomic E-state index is 0.0693. The fourth-order valence-electron chi connectivity index (χ4n) is 0.883. The zero-order valence-electron chi connectivity index (χ0n) is 7.20. The summed E-state index contributed by atoms with van der Waals surface area (Å²) in [6, 6.07) is 0. The van der Waals surface area contributed by atoms with E-state index < -0.39 is 5.97 Å². The van der Waals surface area contributed by atoms with Crippen molar-refractivity contribution < 1.29 is 9.90 Å². The number of carboxylic acid groups (broad SMARTS) is 1. The minimum Gasteiger partial charge on any atom is -0.480 e. The van der Waals surface area contributed by atoms with Gasteiger partial charge in [0.25, 0.3) is 0 Å².